The quantitative estimate of drug-likeness (QED) is 0.862. The van der Waals surface area contributed by atoms with Gasteiger partial charge in [-0.15, -0.1) is 0 Å². The molecule has 0 saturated carbocycles. The van der Waals surface area contributed by atoms with E-state index in [1.165, 1.54) is 0 Å². The molecule has 3 nitrogen and oxygen atoms in total. The molecule has 0 aliphatic carbocycles. The predicted octanol–water partition coefficient (Wildman–Crippen LogP) is 3.42. The first kappa shape index (κ1) is 11.2. The van der Waals surface area contributed by atoms with E-state index in [0.29, 0.717) is 0 Å². The molecular formula is C12H13BrN2O. The van der Waals surface area contributed by atoms with Crippen molar-refractivity contribution in [3.8, 4) is 11.4 Å². The van der Waals surface area contributed by atoms with Gasteiger partial charge in [0.2, 0.25) is 0 Å². The number of hydrogen-bond donors (Lipinski definition) is 0. The summed E-state index contributed by atoms with van der Waals surface area (Å²) in [5.41, 5.74) is 1.01. The molecule has 0 spiro atoms. The summed E-state index contributed by atoms with van der Waals surface area (Å²) >= 11 is 3.43. The normalized spacial score (nSPS) is 10.8. The molecular weight excluding hydrogens is 268 g/mol. The lowest BCUT2D eigenvalue weighted by molar-refractivity contribution is 0.242. The molecule has 1 aromatic heterocycles. The van der Waals surface area contributed by atoms with Gasteiger partial charge in [0.25, 0.3) is 0 Å². The van der Waals surface area contributed by atoms with Crippen LogP contribution in [0.15, 0.2) is 41.1 Å². The van der Waals surface area contributed by atoms with Crippen molar-refractivity contribution in [1.29, 1.82) is 0 Å². The fraction of sp³-hybridized carbons (Fsp3) is 0.250. The van der Waals surface area contributed by atoms with Gasteiger partial charge in [0.15, 0.2) is 5.75 Å². The molecule has 16 heavy (non-hydrogen) atoms. The number of nitrogens with zero attached hydrogens (tertiary/aromatic N) is 2. The van der Waals surface area contributed by atoms with E-state index in [9.17, 15) is 0 Å². The average molecular weight is 281 g/mol. The molecule has 2 rings (SSSR count). The van der Waals surface area contributed by atoms with Crippen LogP contribution in [0.3, 0.4) is 0 Å². The van der Waals surface area contributed by atoms with E-state index < -0.39 is 0 Å². The van der Waals surface area contributed by atoms with Crippen LogP contribution < -0.4 is 4.74 Å². The molecule has 0 atom stereocenters. The SMILES string of the molecule is CC(C)Oc1cnn(-c2cccc(Br)c2)c1. The van der Waals surface area contributed by atoms with E-state index in [1.54, 1.807) is 10.9 Å². The highest BCUT2D eigenvalue weighted by Gasteiger charge is 2.03. The van der Waals surface area contributed by atoms with Crippen LogP contribution in [0, 0.1) is 0 Å². The third-order valence-electron chi connectivity index (χ3n) is 2.00. The van der Waals surface area contributed by atoms with E-state index in [1.807, 2.05) is 44.3 Å². The first-order valence-electron chi connectivity index (χ1n) is 5.12. The summed E-state index contributed by atoms with van der Waals surface area (Å²) in [4.78, 5) is 0. The van der Waals surface area contributed by atoms with Crippen LogP contribution in [0.1, 0.15) is 13.8 Å². The number of benzene rings is 1. The van der Waals surface area contributed by atoms with E-state index in [0.717, 1.165) is 15.9 Å². The van der Waals surface area contributed by atoms with Crippen LogP contribution in [0.4, 0.5) is 0 Å². The number of halogens is 1. The van der Waals surface area contributed by atoms with Gasteiger partial charge in [0.1, 0.15) is 0 Å². The maximum absolute atomic E-state index is 5.55. The van der Waals surface area contributed by atoms with E-state index in [2.05, 4.69) is 21.0 Å². The molecule has 1 heterocycles. The second-order valence-electron chi connectivity index (χ2n) is 3.77. The van der Waals surface area contributed by atoms with E-state index in [4.69, 9.17) is 4.74 Å². The van der Waals surface area contributed by atoms with Crippen molar-refractivity contribution in [1.82, 2.24) is 9.78 Å². The van der Waals surface area contributed by atoms with Crippen LogP contribution in [-0.4, -0.2) is 15.9 Å². The zero-order chi connectivity index (χ0) is 11.5. The van der Waals surface area contributed by atoms with Gasteiger partial charge in [-0.25, -0.2) is 4.68 Å². The minimum absolute atomic E-state index is 0.167. The molecule has 0 amide bonds. The first-order valence-corrected chi connectivity index (χ1v) is 5.92. The highest BCUT2D eigenvalue weighted by Crippen LogP contribution is 2.18. The lowest BCUT2D eigenvalue weighted by Crippen LogP contribution is -2.04. The Bertz CT molecular complexity index is 479. The summed E-state index contributed by atoms with van der Waals surface area (Å²) in [6.45, 7) is 3.99. The van der Waals surface area contributed by atoms with Crippen LogP contribution in [0.5, 0.6) is 5.75 Å². The molecule has 0 unspecified atom stereocenters. The fourth-order valence-electron chi connectivity index (χ4n) is 1.40. The van der Waals surface area contributed by atoms with Gasteiger partial charge in [-0.3, -0.25) is 0 Å². The topological polar surface area (TPSA) is 27.1 Å². The Morgan fingerprint density at radius 2 is 2.19 bits per heavy atom. The molecule has 0 N–H and O–H groups in total. The third kappa shape index (κ3) is 2.64. The Morgan fingerprint density at radius 3 is 2.88 bits per heavy atom. The van der Waals surface area contributed by atoms with Crippen molar-refractivity contribution < 1.29 is 4.74 Å². The van der Waals surface area contributed by atoms with Gasteiger partial charge >= 0.3 is 0 Å². The molecule has 0 saturated heterocycles. The average Bonchev–Trinajstić information content (AvgIpc) is 2.65. The van der Waals surface area contributed by atoms with Crippen LogP contribution >= 0.6 is 15.9 Å². The van der Waals surface area contributed by atoms with Gasteiger partial charge in [0.05, 0.1) is 24.2 Å². The highest BCUT2D eigenvalue weighted by molar-refractivity contribution is 9.10. The van der Waals surface area contributed by atoms with Gasteiger partial charge in [-0.05, 0) is 32.0 Å². The Kier molecular flexibility index (Phi) is 3.29. The molecule has 2 aromatic rings. The molecule has 1 aromatic carbocycles. The molecule has 0 radical (unpaired) electrons. The number of hydrogen-bond acceptors (Lipinski definition) is 2. The lowest BCUT2D eigenvalue weighted by atomic mass is 10.3. The standard InChI is InChI=1S/C12H13BrN2O/c1-9(2)16-12-7-14-15(8-12)11-5-3-4-10(13)6-11/h3-9H,1-2H3. The van der Waals surface area contributed by atoms with Crippen molar-refractivity contribution in [3.63, 3.8) is 0 Å². The highest BCUT2D eigenvalue weighted by atomic mass is 79.9. The summed E-state index contributed by atoms with van der Waals surface area (Å²) in [6, 6.07) is 7.96. The second-order valence-corrected chi connectivity index (χ2v) is 4.68. The molecule has 4 heteroatoms. The minimum Gasteiger partial charge on any atom is -0.488 e. The summed E-state index contributed by atoms with van der Waals surface area (Å²) in [7, 11) is 0. The zero-order valence-corrected chi connectivity index (χ0v) is 10.8. The molecule has 0 aliphatic heterocycles. The van der Waals surface area contributed by atoms with E-state index >= 15 is 0 Å². The second kappa shape index (κ2) is 4.70. The fourth-order valence-corrected chi connectivity index (χ4v) is 1.79. The Labute approximate surface area is 103 Å². The maximum Gasteiger partial charge on any atom is 0.158 e. The zero-order valence-electron chi connectivity index (χ0n) is 9.22. The Hall–Kier alpha value is -1.29. The van der Waals surface area contributed by atoms with Crippen molar-refractivity contribution in [2.45, 2.75) is 20.0 Å². The van der Waals surface area contributed by atoms with Crippen LogP contribution in [-0.2, 0) is 0 Å². The summed E-state index contributed by atoms with van der Waals surface area (Å²) < 4.78 is 8.38. The van der Waals surface area contributed by atoms with Crippen molar-refractivity contribution in [2.24, 2.45) is 0 Å². The van der Waals surface area contributed by atoms with Crippen molar-refractivity contribution >= 4 is 15.9 Å². The number of ether oxygens (including phenoxy) is 1. The monoisotopic (exact) mass is 280 g/mol. The van der Waals surface area contributed by atoms with Gasteiger partial charge in [0, 0.05) is 4.47 Å². The minimum atomic E-state index is 0.167. The first-order chi connectivity index (χ1) is 7.65. The van der Waals surface area contributed by atoms with Crippen LogP contribution in [0.2, 0.25) is 0 Å². The molecule has 84 valence electrons. The Balaban J connectivity index is 2.24. The summed E-state index contributed by atoms with van der Waals surface area (Å²) in [5, 5.41) is 4.25. The summed E-state index contributed by atoms with van der Waals surface area (Å²) in [5.74, 6) is 0.787. The maximum atomic E-state index is 5.55. The third-order valence-corrected chi connectivity index (χ3v) is 2.50. The van der Waals surface area contributed by atoms with E-state index in [-0.39, 0.29) is 6.10 Å². The van der Waals surface area contributed by atoms with Crippen molar-refractivity contribution in [3.05, 3.63) is 41.1 Å². The van der Waals surface area contributed by atoms with Gasteiger partial charge in [-0.1, -0.05) is 22.0 Å². The largest absolute Gasteiger partial charge is 0.488 e. The van der Waals surface area contributed by atoms with Crippen molar-refractivity contribution in [2.75, 3.05) is 0 Å². The van der Waals surface area contributed by atoms with Gasteiger partial charge in [-0.2, -0.15) is 5.10 Å². The number of rotatable bonds is 3. The van der Waals surface area contributed by atoms with Gasteiger partial charge < -0.3 is 4.74 Å². The Morgan fingerprint density at radius 1 is 1.38 bits per heavy atom. The lowest BCUT2D eigenvalue weighted by Gasteiger charge is -2.05. The molecule has 0 aliphatic rings. The smallest absolute Gasteiger partial charge is 0.158 e. The van der Waals surface area contributed by atoms with Crippen LogP contribution in [0.25, 0.3) is 5.69 Å². The number of aromatic nitrogens is 2. The summed E-state index contributed by atoms with van der Waals surface area (Å²) in [6.07, 6.45) is 3.77. The molecule has 0 fully saturated rings. The molecule has 0 bridgehead atoms. The predicted molar refractivity (Wildman–Crippen MR) is 67.0 cm³/mol.